The molecular weight excluding hydrogens is 296 g/mol. The Morgan fingerprint density at radius 2 is 2.09 bits per heavy atom. The lowest BCUT2D eigenvalue weighted by Gasteiger charge is -2.10. The molecule has 0 heterocycles. The molecule has 0 saturated carbocycles. The van der Waals surface area contributed by atoms with E-state index in [2.05, 4.69) is 10.5 Å². The van der Waals surface area contributed by atoms with Crippen molar-refractivity contribution < 1.29 is 19.4 Å². The molecule has 0 radical (unpaired) electrons. The molecule has 0 aliphatic rings. The number of hydrogen-bond acceptors (Lipinski definition) is 5. The van der Waals surface area contributed by atoms with Crippen LogP contribution >= 0.6 is 0 Å². The van der Waals surface area contributed by atoms with Crippen LogP contribution in [0, 0.1) is 0 Å². The number of methoxy groups -OCH3 is 1. The molecule has 2 rings (SSSR count). The molecule has 6 nitrogen and oxygen atoms in total. The second kappa shape index (κ2) is 7.84. The van der Waals surface area contributed by atoms with Crippen LogP contribution in [0.4, 0.5) is 0 Å². The maximum absolute atomic E-state index is 12.1. The van der Waals surface area contributed by atoms with Crippen LogP contribution < -0.4 is 14.9 Å². The Kier molecular flexibility index (Phi) is 5.57. The lowest BCUT2D eigenvalue weighted by atomic mass is 10.2. The molecule has 0 unspecified atom stereocenters. The van der Waals surface area contributed by atoms with Crippen molar-refractivity contribution in [3.05, 3.63) is 53.6 Å². The molecule has 0 spiro atoms. The first-order valence-corrected chi connectivity index (χ1v) is 7.07. The number of phenolic OH excluding ortho intramolecular Hbond substituents is 1. The van der Waals surface area contributed by atoms with Crippen molar-refractivity contribution in [1.29, 1.82) is 0 Å². The highest BCUT2D eigenvalue weighted by molar-refractivity contribution is 5.95. The van der Waals surface area contributed by atoms with E-state index in [1.54, 1.807) is 36.4 Å². The Labute approximate surface area is 134 Å². The summed E-state index contributed by atoms with van der Waals surface area (Å²) < 4.78 is 10.6. The van der Waals surface area contributed by atoms with Gasteiger partial charge < -0.3 is 14.6 Å². The summed E-state index contributed by atoms with van der Waals surface area (Å²) in [5.74, 6) is 0.825. The zero-order chi connectivity index (χ0) is 16.7. The highest BCUT2D eigenvalue weighted by Crippen LogP contribution is 2.27. The van der Waals surface area contributed by atoms with Crippen molar-refractivity contribution >= 4 is 12.1 Å². The van der Waals surface area contributed by atoms with Gasteiger partial charge in [-0.25, -0.2) is 5.43 Å². The molecule has 1 amide bonds. The quantitative estimate of drug-likeness (QED) is 0.634. The van der Waals surface area contributed by atoms with E-state index in [0.29, 0.717) is 29.2 Å². The van der Waals surface area contributed by atoms with Gasteiger partial charge >= 0.3 is 0 Å². The topological polar surface area (TPSA) is 80.2 Å². The van der Waals surface area contributed by atoms with E-state index in [4.69, 9.17) is 9.47 Å². The summed E-state index contributed by atoms with van der Waals surface area (Å²) >= 11 is 0. The van der Waals surface area contributed by atoms with Crippen molar-refractivity contribution in [2.24, 2.45) is 5.10 Å². The van der Waals surface area contributed by atoms with E-state index in [1.165, 1.54) is 19.4 Å². The van der Waals surface area contributed by atoms with Crippen molar-refractivity contribution in [2.45, 2.75) is 6.92 Å². The van der Waals surface area contributed by atoms with E-state index >= 15 is 0 Å². The number of hydrazone groups is 1. The van der Waals surface area contributed by atoms with E-state index in [1.807, 2.05) is 6.92 Å². The number of carbonyl (C=O) groups is 1. The number of ether oxygens (including phenoxy) is 2. The summed E-state index contributed by atoms with van der Waals surface area (Å²) in [7, 11) is 1.51. The number of benzene rings is 2. The summed E-state index contributed by atoms with van der Waals surface area (Å²) in [5, 5.41) is 13.2. The Bertz CT molecular complexity index is 713. The maximum Gasteiger partial charge on any atom is 0.271 e. The van der Waals surface area contributed by atoms with E-state index < -0.39 is 0 Å². The molecule has 0 atom stereocenters. The van der Waals surface area contributed by atoms with E-state index in [0.717, 1.165) is 0 Å². The molecule has 0 fully saturated rings. The standard InChI is InChI=1S/C17H18N2O4/c1-3-23-15-8-7-13(10-16(15)22-2)17(21)19-18-11-12-5-4-6-14(20)9-12/h4-11,20H,3H2,1-2H3,(H,19,21)/b18-11+. The van der Waals surface area contributed by atoms with Crippen LogP contribution in [0.2, 0.25) is 0 Å². The van der Waals surface area contributed by atoms with Gasteiger partial charge in [0.1, 0.15) is 5.75 Å². The molecule has 23 heavy (non-hydrogen) atoms. The van der Waals surface area contributed by atoms with Crippen molar-refractivity contribution in [3.8, 4) is 17.2 Å². The minimum Gasteiger partial charge on any atom is -0.508 e. The number of phenols is 1. The molecule has 0 aliphatic carbocycles. The Hall–Kier alpha value is -3.02. The third-order valence-electron chi connectivity index (χ3n) is 2.98. The predicted octanol–water partition coefficient (Wildman–Crippen LogP) is 2.56. The lowest BCUT2D eigenvalue weighted by Crippen LogP contribution is -2.17. The molecule has 2 aromatic rings. The lowest BCUT2D eigenvalue weighted by molar-refractivity contribution is 0.0954. The highest BCUT2D eigenvalue weighted by Gasteiger charge is 2.10. The summed E-state index contributed by atoms with van der Waals surface area (Å²) in [6, 6.07) is 11.4. The van der Waals surface area contributed by atoms with Crippen LogP contribution in [0.5, 0.6) is 17.2 Å². The van der Waals surface area contributed by atoms with Crippen molar-refractivity contribution in [2.75, 3.05) is 13.7 Å². The van der Waals surface area contributed by atoms with Crippen LogP contribution in [-0.4, -0.2) is 30.9 Å². The van der Waals surface area contributed by atoms with Gasteiger partial charge in [0.15, 0.2) is 11.5 Å². The van der Waals surface area contributed by atoms with Crippen LogP contribution in [0.15, 0.2) is 47.6 Å². The fourth-order valence-corrected chi connectivity index (χ4v) is 1.92. The molecule has 120 valence electrons. The number of rotatable bonds is 6. The van der Waals surface area contributed by atoms with Gasteiger partial charge in [-0.2, -0.15) is 5.10 Å². The zero-order valence-electron chi connectivity index (χ0n) is 12.9. The fourth-order valence-electron chi connectivity index (χ4n) is 1.92. The molecule has 2 aromatic carbocycles. The molecule has 2 N–H and O–H groups in total. The van der Waals surface area contributed by atoms with Gasteiger partial charge in [0, 0.05) is 5.56 Å². The molecule has 0 aliphatic heterocycles. The molecule has 6 heteroatoms. The Morgan fingerprint density at radius 3 is 2.78 bits per heavy atom. The normalized spacial score (nSPS) is 10.5. The van der Waals surface area contributed by atoms with Crippen LogP contribution in [0.1, 0.15) is 22.8 Å². The van der Waals surface area contributed by atoms with Gasteiger partial charge in [0.05, 0.1) is 19.9 Å². The van der Waals surface area contributed by atoms with Crippen molar-refractivity contribution in [3.63, 3.8) is 0 Å². The third kappa shape index (κ3) is 4.47. The zero-order valence-corrected chi connectivity index (χ0v) is 12.9. The van der Waals surface area contributed by atoms with Crippen LogP contribution in [-0.2, 0) is 0 Å². The first-order chi connectivity index (χ1) is 11.1. The Balaban J connectivity index is 2.05. The summed E-state index contributed by atoms with van der Waals surface area (Å²) in [6.45, 7) is 2.38. The minimum atomic E-state index is -0.372. The molecule has 0 saturated heterocycles. The largest absolute Gasteiger partial charge is 0.508 e. The van der Waals surface area contributed by atoms with Crippen LogP contribution in [0.3, 0.4) is 0 Å². The van der Waals surface area contributed by atoms with E-state index in [-0.39, 0.29) is 11.7 Å². The van der Waals surface area contributed by atoms with E-state index in [9.17, 15) is 9.90 Å². The molecular formula is C17H18N2O4. The van der Waals surface area contributed by atoms with Gasteiger partial charge in [-0.1, -0.05) is 12.1 Å². The summed E-state index contributed by atoms with van der Waals surface area (Å²) in [4.78, 5) is 12.1. The smallest absolute Gasteiger partial charge is 0.271 e. The second-order valence-corrected chi connectivity index (χ2v) is 4.59. The SMILES string of the molecule is CCOc1ccc(C(=O)N/N=C/c2cccc(O)c2)cc1OC. The molecule has 0 bridgehead atoms. The first kappa shape index (κ1) is 16.4. The number of carbonyl (C=O) groups excluding carboxylic acids is 1. The van der Waals surface area contributed by atoms with Crippen LogP contribution in [0.25, 0.3) is 0 Å². The Morgan fingerprint density at radius 1 is 1.26 bits per heavy atom. The summed E-state index contributed by atoms with van der Waals surface area (Å²) in [6.07, 6.45) is 1.45. The van der Waals surface area contributed by atoms with Gasteiger partial charge in [0.2, 0.25) is 0 Å². The highest BCUT2D eigenvalue weighted by atomic mass is 16.5. The predicted molar refractivity (Wildman–Crippen MR) is 87.3 cm³/mol. The number of aromatic hydroxyl groups is 1. The number of amides is 1. The average molecular weight is 314 g/mol. The van der Waals surface area contributed by atoms with Gasteiger partial charge in [-0.05, 0) is 42.8 Å². The third-order valence-corrected chi connectivity index (χ3v) is 2.98. The number of hydrogen-bond donors (Lipinski definition) is 2. The fraction of sp³-hybridized carbons (Fsp3) is 0.176. The number of nitrogens with zero attached hydrogens (tertiary/aromatic N) is 1. The van der Waals surface area contributed by atoms with Gasteiger partial charge in [-0.3, -0.25) is 4.79 Å². The van der Waals surface area contributed by atoms with Gasteiger partial charge in [0.25, 0.3) is 5.91 Å². The first-order valence-electron chi connectivity index (χ1n) is 7.07. The molecule has 0 aromatic heterocycles. The monoisotopic (exact) mass is 314 g/mol. The average Bonchev–Trinajstić information content (AvgIpc) is 2.55. The van der Waals surface area contributed by atoms with Crippen molar-refractivity contribution in [1.82, 2.24) is 5.43 Å². The summed E-state index contributed by atoms with van der Waals surface area (Å²) in [5.41, 5.74) is 3.50. The van der Waals surface area contributed by atoms with Gasteiger partial charge in [-0.15, -0.1) is 0 Å². The maximum atomic E-state index is 12.1. The minimum absolute atomic E-state index is 0.136. The second-order valence-electron chi connectivity index (χ2n) is 4.59. The number of nitrogens with one attached hydrogen (secondary N) is 1.